The number of nitrogens with zero attached hydrogens (tertiary/aromatic N) is 2. The summed E-state index contributed by atoms with van der Waals surface area (Å²) in [6.07, 6.45) is 6.48. The maximum absolute atomic E-state index is 11.8. The number of thioether (sulfide) groups is 1. The van der Waals surface area contributed by atoms with Crippen LogP contribution in [0.3, 0.4) is 0 Å². The van der Waals surface area contributed by atoms with E-state index in [0.717, 1.165) is 11.4 Å². The largest absolute Gasteiger partial charge is 0.352 e. The maximum atomic E-state index is 11.8. The van der Waals surface area contributed by atoms with Crippen LogP contribution in [-0.4, -0.2) is 33.1 Å². The van der Waals surface area contributed by atoms with Crippen molar-refractivity contribution in [2.45, 2.75) is 43.7 Å². The molecule has 2 rings (SSSR count). The molecule has 1 fully saturated rings. The summed E-state index contributed by atoms with van der Waals surface area (Å²) >= 11 is 1.41. The second-order valence-electron chi connectivity index (χ2n) is 4.53. The van der Waals surface area contributed by atoms with Crippen LogP contribution >= 0.6 is 11.8 Å². The Morgan fingerprint density at radius 1 is 1.59 bits per heavy atom. The molecule has 2 atom stereocenters. The summed E-state index contributed by atoms with van der Waals surface area (Å²) in [5.41, 5.74) is 0. The van der Waals surface area contributed by atoms with Crippen LogP contribution in [0.2, 0.25) is 0 Å². The zero-order valence-corrected chi connectivity index (χ0v) is 10.8. The van der Waals surface area contributed by atoms with Gasteiger partial charge in [0.25, 0.3) is 0 Å². The van der Waals surface area contributed by atoms with Crippen molar-refractivity contribution in [2.24, 2.45) is 5.92 Å². The van der Waals surface area contributed by atoms with Crippen molar-refractivity contribution >= 4 is 17.7 Å². The number of aromatic amines is 1. The highest BCUT2D eigenvalue weighted by atomic mass is 32.2. The number of carbonyl (C=O) groups excluding carboxylic acids is 1. The van der Waals surface area contributed by atoms with Crippen molar-refractivity contribution in [2.75, 3.05) is 5.75 Å². The van der Waals surface area contributed by atoms with Gasteiger partial charge in [0.2, 0.25) is 5.91 Å². The first-order valence-corrected chi connectivity index (χ1v) is 7.02. The van der Waals surface area contributed by atoms with Gasteiger partial charge in [0.05, 0.1) is 11.9 Å². The van der Waals surface area contributed by atoms with E-state index in [1.54, 1.807) is 6.20 Å². The fourth-order valence-corrected chi connectivity index (χ4v) is 2.77. The molecule has 0 bridgehead atoms. The predicted molar refractivity (Wildman–Crippen MR) is 66.7 cm³/mol. The number of hydrogen-bond donors (Lipinski definition) is 2. The summed E-state index contributed by atoms with van der Waals surface area (Å²) in [6, 6.07) is 0.356. The van der Waals surface area contributed by atoms with Crippen LogP contribution < -0.4 is 5.32 Å². The molecule has 0 unspecified atom stereocenters. The van der Waals surface area contributed by atoms with Crippen LogP contribution in [0.5, 0.6) is 0 Å². The third kappa shape index (κ3) is 3.73. The van der Waals surface area contributed by atoms with E-state index < -0.39 is 0 Å². The molecule has 1 amide bonds. The average molecular weight is 254 g/mol. The van der Waals surface area contributed by atoms with E-state index in [4.69, 9.17) is 0 Å². The van der Waals surface area contributed by atoms with Crippen molar-refractivity contribution in [1.82, 2.24) is 20.7 Å². The lowest BCUT2D eigenvalue weighted by Gasteiger charge is -2.29. The summed E-state index contributed by atoms with van der Waals surface area (Å²) in [5, 5.41) is 14.0. The molecule has 0 aromatic carbocycles. The number of nitrogens with one attached hydrogen (secondary N) is 2. The first-order valence-electron chi connectivity index (χ1n) is 6.03. The molecular weight excluding hydrogens is 236 g/mol. The molecule has 5 nitrogen and oxygen atoms in total. The molecule has 6 heteroatoms. The minimum Gasteiger partial charge on any atom is -0.352 e. The third-order valence-electron chi connectivity index (χ3n) is 3.20. The van der Waals surface area contributed by atoms with Gasteiger partial charge in [0, 0.05) is 6.04 Å². The van der Waals surface area contributed by atoms with E-state index in [9.17, 15) is 4.79 Å². The smallest absolute Gasteiger partial charge is 0.230 e. The molecule has 0 aliphatic heterocycles. The molecule has 1 aromatic rings. The number of hydrogen-bond acceptors (Lipinski definition) is 4. The topological polar surface area (TPSA) is 70.7 Å². The molecule has 0 saturated heterocycles. The van der Waals surface area contributed by atoms with E-state index in [0.29, 0.717) is 17.7 Å². The summed E-state index contributed by atoms with van der Waals surface area (Å²) in [5.74, 6) is 1.11. The lowest BCUT2D eigenvalue weighted by molar-refractivity contribution is -0.119. The summed E-state index contributed by atoms with van der Waals surface area (Å²) < 4.78 is 0. The van der Waals surface area contributed by atoms with Gasteiger partial charge in [-0.05, 0) is 18.8 Å². The van der Waals surface area contributed by atoms with Gasteiger partial charge in [0.1, 0.15) is 5.03 Å². The maximum Gasteiger partial charge on any atom is 0.230 e. The van der Waals surface area contributed by atoms with Crippen molar-refractivity contribution in [1.29, 1.82) is 0 Å². The minimum absolute atomic E-state index is 0.0942. The SMILES string of the molecule is C[C@@H]1CCCC[C@@H]1NC(=O)CSc1cn[nH]n1. The van der Waals surface area contributed by atoms with Gasteiger partial charge >= 0.3 is 0 Å². The zero-order valence-electron chi connectivity index (χ0n) is 9.98. The van der Waals surface area contributed by atoms with Crippen molar-refractivity contribution in [3.63, 3.8) is 0 Å². The Hall–Kier alpha value is -1.04. The van der Waals surface area contributed by atoms with Gasteiger partial charge in [0.15, 0.2) is 0 Å². The summed E-state index contributed by atoms with van der Waals surface area (Å²) in [6.45, 7) is 2.22. The number of H-pyrrole nitrogens is 1. The Morgan fingerprint density at radius 2 is 2.41 bits per heavy atom. The molecule has 1 heterocycles. The van der Waals surface area contributed by atoms with E-state index >= 15 is 0 Å². The molecule has 1 aliphatic rings. The predicted octanol–water partition coefficient (Wildman–Crippen LogP) is 1.59. The van der Waals surface area contributed by atoms with Crippen LogP contribution in [-0.2, 0) is 4.79 Å². The Morgan fingerprint density at radius 3 is 3.12 bits per heavy atom. The highest BCUT2D eigenvalue weighted by Gasteiger charge is 2.22. The first kappa shape index (κ1) is 12.4. The fraction of sp³-hybridized carbons (Fsp3) is 0.727. The highest BCUT2D eigenvalue weighted by molar-refractivity contribution is 7.99. The zero-order chi connectivity index (χ0) is 12.1. The van der Waals surface area contributed by atoms with E-state index in [1.807, 2.05) is 0 Å². The quantitative estimate of drug-likeness (QED) is 0.801. The molecule has 17 heavy (non-hydrogen) atoms. The Kier molecular flexibility index (Phi) is 4.42. The normalized spacial score (nSPS) is 24.5. The fourth-order valence-electron chi connectivity index (χ4n) is 2.18. The highest BCUT2D eigenvalue weighted by Crippen LogP contribution is 2.23. The summed E-state index contributed by atoms with van der Waals surface area (Å²) in [7, 11) is 0. The van der Waals surface area contributed by atoms with Crippen LogP contribution in [0.1, 0.15) is 32.6 Å². The third-order valence-corrected chi connectivity index (χ3v) is 4.10. The second kappa shape index (κ2) is 6.05. The van der Waals surface area contributed by atoms with E-state index in [2.05, 4.69) is 27.7 Å². The van der Waals surface area contributed by atoms with Gasteiger partial charge in [-0.2, -0.15) is 10.3 Å². The van der Waals surface area contributed by atoms with Gasteiger partial charge in [-0.15, -0.1) is 5.10 Å². The molecule has 1 saturated carbocycles. The minimum atomic E-state index is 0.0942. The molecular formula is C11H18N4OS. The standard InChI is InChI=1S/C11H18N4OS/c1-8-4-2-3-5-9(8)13-10(16)7-17-11-6-12-15-14-11/h6,8-9H,2-5,7H2,1H3,(H,13,16)(H,12,14,15)/t8-,9+/m1/s1. The van der Waals surface area contributed by atoms with Crippen LogP contribution in [0.25, 0.3) is 0 Å². The lowest BCUT2D eigenvalue weighted by Crippen LogP contribution is -2.41. The monoisotopic (exact) mass is 254 g/mol. The number of aromatic nitrogens is 3. The van der Waals surface area contributed by atoms with Crippen molar-refractivity contribution in [3.05, 3.63) is 6.20 Å². The molecule has 0 radical (unpaired) electrons. The van der Waals surface area contributed by atoms with Crippen LogP contribution in [0.15, 0.2) is 11.2 Å². The second-order valence-corrected chi connectivity index (χ2v) is 5.53. The Labute approximate surface area is 105 Å². The lowest BCUT2D eigenvalue weighted by atomic mass is 9.86. The molecule has 0 spiro atoms. The Balaban J connectivity index is 1.73. The van der Waals surface area contributed by atoms with E-state index in [-0.39, 0.29) is 5.91 Å². The van der Waals surface area contributed by atoms with Gasteiger partial charge in [-0.1, -0.05) is 31.5 Å². The van der Waals surface area contributed by atoms with Crippen molar-refractivity contribution in [3.8, 4) is 0 Å². The van der Waals surface area contributed by atoms with Crippen LogP contribution in [0.4, 0.5) is 0 Å². The molecule has 1 aromatic heterocycles. The number of amides is 1. The van der Waals surface area contributed by atoms with Gasteiger partial charge in [-0.25, -0.2) is 0 Å². The van der Waals surface area contributed by atoms with Crippen LogP contribution in [0, 0.1) is 5.92 Å². The average Bonchev–Trinajstić information content (AvgIpc) is 2.82. The first-order chi connectivity index (χ1) is 8.25. The number of rotatable bonds is 4. The van der Waals surface area contributed by atoms with Gasteiger partial charge < -0.3 is 5.32 Å². The molecule has 1 aliphatic carbocycles. The Bertz CT molecular complexity index is 354. The molecule has 2 N–H and O–H groups in total. The van der Waals surface area contributed by atoms with E-state index in [1.165, 1.54) is 31.0 Å². The molecule has 94 valence electrons. The summed E-state index contributed by atoms with van der Waals surface area (Å²) in [4.78, 5) is 11.8. The number of carbonyl (C=O) groups is 1. The van der Waals surface area contributed by atoms with Crippen molar-refractivity contribution < 1.29 is 4.79 Å². The van der Waals surface area contributed by atoms with Gasteiger partial charge in [-0.3, -0.25) is 4.79 Å².